The van der Waals surface area contributed by atoms with Crippen molar-refractivity contribution in [2.75, 3.05) is 31.6 Å². The summed E-state index contributed by atoms with van der Waals surface area (Å²) in [6.07, 6.45) is 12.9. The summed E-state index contributed by atoms with van der Waals surface area (Å²) in [5, 5.41) is 33.5. The van der Waals surface area contributed by atoms with Gasteiger partial charge in [0.25, 0.3) is 5.88 Å². The third-order valence-electron chi connectivity index (χ3n) is 8.92. The summed E-state index contributed by atoms with van der Waals surface area (Å²) in [7, 11) is 1.88. The number of ether oxygens (including phenoxy) is 3. The summed E-state index contributed by atoms with van der Waals surface area (Å²) in [6, 6.07) is 10.4. The number of hydrogen-bond acceptors (Lipinski definition) is 13. The molecule has 1 saturated heterocycles. The van der Waals surface area contributed by atoms with Crippen molar-refractivity contribution in [3.05, 3.63) is 66.6 Å². The van der Waals surface area contributed by atoms with E-state index in [0.717, 1.165) is 68.8 Å². The molecule has 1 atom stereocenters. The highest BCUT2D eigenvalue weighted by atomic mass is 16.5. The van der Waals surface area contributed by atoms with Crippen LogP contribution in [0.3, 0.4) is 0 Å². The Labute approximate surface area is 283 Å². The number of aromatic nitrogens is 10. The van der Waals surface area contributed by atoms with Crippen LogP contribution in [-0.2, 0) is 24.9 Å². The van der Waals surface area contributed by atoms with Crippen LogP contribution in [0.15, 0.2) is 55.4 Å². The maximum atomic E-state index is 9.67. The molecule has 0 bridgehead atoms. The molecule has 2 aliphatic rings. The van der Waals surface area contributed by atoms with Gasteiger partial charge in [0, 0.05) is 50.3 Å². The number of nitriles is 1. The third kappa shape index (κ3) is 7.85. The smallest absolute Gasteiger partial charge is 0.257 e. The molecule has 0 amide bonds. The Balaban J connectivity index is 1.05. The number of nitrogens with zero attached hydrogens (tertiary/aromatic N) is 12. The number of anilines is 2. The lowest BCUT2D eigenvalue weighted by atomic mass is 9.90. The first-order chi connectivity index (χ1) is 24.0. The number of rotatable bonds is 12. The van der Waals surface area contributed by atoms with Crippen LogP contribution in [0.2, 0.25) is 0 Å². The Kier molecular flexibility index (Phi) is 9.71. The first-order valence-electron chi connectivity index (χ1n) is 16.5. The zero-order chi connectivity index (χ0) is 33.6. The molecule has 1 N–H and O–H groups in total. The van der Waals surface area contributed by atoms with Gasteiger partial charge in [0.05, 0.1) is 43.3 Å². The van der Waals surface area contributed by atoms with Crippen LogP contribution in [-0.4, -0.2) is 93.1 Å². The van der Waals surface area contributed by atoms with Gasteiger partial charge in [-0.15, -0.1) is 10.2 Å². The molecule has 254 valence electrons. The van der Waals surface area contributed by atoms with Gasteiger partial charge >= 0.3 is 0 Å². The largest absolute Gasteiger partial charge is 0.487 e. The van der Waals surface area contributed by atoms with E-state index in [1.807, 2.05) is 49.2 Å². The molecule has 16 heteroatoms. The van der Waals surface area contributed by atoms with Crippen LogP contribution in [0, 0.1) is 11.3 Å². The summed E-state index contributed by atoms with van der Waals surface area (Å²) < 4.78 is 23.2. The van der Waals surface area contributed by atoms with Gasteiger partial charge in [-0.2, -0.15) is 10.4 Å². The van der Waals surface area contributed by atoms with Gasteiger partial charge < -0.3 is 19.5 Å². The molecular weight excluding hydrogens is 626 g/mol. The van der Waals surface area contributed by atoms with Crippen LogP contribution in [0.4, 0.5) is 11.6 Å². The second kappa shape index (κ2) is 14.8. The molecule has 2 fully saturated rings. The molecule has 16 nitrogen and oxygen atoms in total. The molecule has 1 aliphatic heterocycles. The van der Waals surface area contributed by atoms with E-state index in [1.165, 1.54) is 6.33 Å². The van der Waals surface area contributed by atoms with Crippen LogP contribution in [0.1, 0.15) is 49.9 Å². The minimum absolute atomic E-state index is 0.275. The maximum Gasteiger partial charge on any atom is 0.257 e. The van der Waals surface area contributed by atoms with Crippen LogP contribution in [0.5, 0.6) is 11.6 Å². The van der Waals surface area contributed by atoms with Crippen molar-refractivity contribution in [1.82, 2.24) is 54.6 Å². The molecule has 49 heavy (non-hydrogen) atoms. The quantitative estimate of drug-likeness (QED) is 0.205. The van der Waals surface area contributed by atoms with E-state index in [1.54, 1.807) is 27.8 Å². The lowest BCUT2D eigenvalue weighted by molar-refractivity contribution is 0.00502. The highest BCUT2D eigenvalue weighted by Gasteiger charge is 2.29. The molecular formula is C33H39N13O3. The van der Waals surface area contributed by atoms with Gasteiger partial charge in [-0.3, -0.25) is 14.3 Å². The number of benzene rings is 1. The Hall–Kier alpha value is -5.40. The maximum absolute atomic E-state index is 9.67. The summed E-state index contributed by atoms with van der Waals surface area (Å²) in [4.78, 5) is 11.8. The SMILES string of the molecule is C[C@@H](Cn1cnnn1)Oc1cc(-c2cnc(Nc3cn([C@H]4CC[C@H](N5CCOCC5)CC4)nc3OCc3ccn(C)n3)nc2)ccc1C#N. The fourth-order valence-corrected chi connectivity index (χ4v) is 6.40. The Morgan fingerprint density at radius 3 is 2.55 bits per heavy atom. The van der Waals surface area contributed by atoms with E-state index >= 15 is 0 Å². The average molecular weight is 666 g/mol. The second-order valence-electron chi connectivity index (χ2n) is 12.4. The van der Waals surface area contributed by atoms with Crippen molar-refractivity contribution >= 4 is 11.6 Å². The number of hydrogen-bond donors (Lipinski definition) is 1. The van der Waals surface area contributed by atoms with E-state index in [4.69, 9.17) is 19.3 Å². The van der Waals surface area contributed by atoms with Crippen molar-refractivity contribution in [2.45, 2.75) is 63.9 Å². The number of aryl methyl sites for hydroxylation is 1. The minimum Gasteiger partial charge on any atom is -0.487 e. The lowest BCUT2D eigenvalue weighted by Crippen LogP contribution is -2.45. The minimum atomic E-state index is -0.275. The molecule has 7 rings (SSSR count). The van der Waals surface area contributed by atoms with E-state index < -0.39 is 0 Å². The fourth-order valence-electron chi connectivity index (χ4n) is 6.40. The van der Waals surface area contributed by atoms with Gasteiger partial charge in [-0.05, 0) is 66.8 Å². The summed E-state index contributed by atoms with van der Waals surface area (Å²) in [5.41, 5.74) is 3.51. The van der Waals surface area contributed by atoms with Gasteiger partial charge in [0.1, 0.15) is 36.5 Å². The van der Waals surface area contributed by atoms with Gasteiger partial charge in [-0.25, -0.2) is 14.6 Å². The second-order valence-corrected chi connectivity index (χ2v) is 12.4. The topological polar surface area (TPSA) is 172 Å². The van der Waals surface area contributed by atoms with Crippen LogP contribution < -0.4 is 14.8 Å². The monoisotopic (exact) mass is 665 g/mol. The Morgan fingerprint density at radius 1 is 1.04 bits per heavy atom. The Morgan fingerprint density at radius 2 is 1.84 bits per heavy atom. The molecule has 5 aromatic rings. The van der Waals surface area contributed by atoms with Gasteiger partial charge in [-0.1, -0.05) is 6.07 Å². The zero-order valence-electron chi connectivity index (χ0n) is 27.6. The van der Waals surface area contributed by atoms with E-state index in [0.29, 0.717) is 41.4 Å². The molecule has 0 spiro atoms. The van der Waals surface area contributed by atoms with Gasteiger partial charge in [0.15, 0.2) is 0 Å². The fraction of sp³-hybridized carbons (Fsp3) is 0.455. The predicted octanol–water partition coefficient (Wildman–Crippen LogP) is 3.54. The highest BCUT2D eigenvalue weighted by Crippen LogP contribution is 2.35. The molecule has 0 unspecified atom stereocenters. The molecule has 0 radical (unpaired) electrons. The van der Waals surface area contributed by atoms with Crippen LogP contribution in [0.25, 0.3) is 11.1 Å². The average Bonchev–Trinajstić information content (AvgIpc) is 3.90. The summed E-state index contributed by atoms with van der Waals surface area (Å²) in [5.74, 6) is 1.34. The van der Waals surface area contributed by atoms with Crippen LogP contribution >= 0.6 is 0 Å². The molecule has 4 aromatic heterocycles. The van der Waals surface area contributed by atoms with Gasteiger partial charge in [0.2, 0.25) is 5.95 Å². The third-order valence-corrected chi connectivity index (χ3v) is 8.92. The van der Waals surface area contributed by atoms with Crippen molar-refractivity contribution in [3.8, 4) is 28.8 Å². The molecule has 5 heterocycles. The van der Waals surface area contributed by atoms with Crippen molar-refractivity contribution < 1.29 is 14.2 Å². The number of nitrogens with one attached hydrogen (secondary N) is 1. The first-order valence-corrected chi connectivity index (χ1v) is 16.5. The molecule has 1 saturated carbocycles. The van der Waals surface area contributed by atoms with E-state index in [-0.39, 0.29) is 18.8 Å². The molecule has 1 aromatic carbocycles. The predicted molar refractivity (Wildman–Crippen MR) is 177 cm³/mol. The Bertz CT molecular complexity index is 1850. The molecule has 1 aliphatic carbocycles. The van der Waals surface area contributed by atoms with E-state index in [2.05, 4.69) is 46.9 Å². The zero-order valence-corrected chi connectivity index (χ0v) is 27.6. The van der Waals surface area contributed by atoms with Crippen molar-refractivity contribution in [3.63, 3.8) is 0 Å². The van der Waals surface area contributed by atoms with Crippen molar-refractivity contribution in [2.24, 2.45) is 7.05 Å². The highest BCUT2D eigenvalue weighted by molar-refractivity contribution is 5.67. The standard InChI is InChI=1S/C33H39N13O3/c1-23(19-45-22-37-41-42-45)49-31-15-24(3-4-25(31)16-34)26-17-35-33(36-18-26)38-30-20-46(40-32(30)48-21-27-9-10-43(2)39-27)29-7-5-28(6-8-29)44-11-13-47-14-12-44/h3-4,9-10,15,17-18,20,22-23,28-29H,5-8,11-14,19,21H2,1-2H3,(H,35,36,38)/t23-,28-,29-/m0/s1. The lowest BCUT2D eigenvalue weighted by Gasteiger charge is -2.38. The summed E-state index contributed by atoms with van der Waals surface area (Å²) >= 11 is 0. The summed E-state index contributed by atoms with van der Waals surface area (Å²) in [6.45, 7) is 6.28. The number of morpholine rings is 1. The van der Waals surface area contributed by atoms with Crippen molar-refractivity contribution in [1.29, 1.82) is 5.26 Å². The van der Waals surface area contributed by atoms with E-state index in [9.17, 15) is 5.26 Å². The first kappa shape index (κ1) is 32.2. The number of tetrazole rings is 1. The normalized spacial score (nSPS) is 18.9.